The number of nitrogens with zero attached hydrogens (tertiary/aromatic N) is 2. The molecular formula is C17H26IN5O3. The van der Waals surface area contributed by atoms with E-state index in [1.165, 1.54) is 4.90 Å². The molecule has 1 heterocycles. The molecule has 9 heteroatoms. The number of methoxy groups -OCH3 is 1. The van der Waals surface area contributed by atoms with E-state index in [9.17, 15) is 9.59 Å². The highest BCUT2D eigenvalue weighted by Crippen LogP contribution is 2.20. The van der Waals surface area contributed by atoms with Crippen molar-refractivity contribution in [2.24, 2.45) is 4.99 Å². The first kappa shape index (κ1) is 22.0. The van der Waals surface area contributed by atoms with Gasteiger partial charge in [-0.15, -0.1) is 24.0 Å². The summed E-state index contributed by atoms with van der Waals surface area (Å²) in [5, 5.41) is 8.77. The molecule has 0 saturated carbocycles. The van der Waals surface area contributed by atoms with E-state index in [0.717, 1.165) is 16.9 Å². The number of carbonyl (C=O) groups is 2. The van der Waals surface area contributed by atoms with Crippen LogP contribution in [-0.2, 0) is 11.3 Å². The van der Waals surface area contributed by atoms with Gasteiger partial charge in [0.25, 0.3) is 0 Å². The molecule has 144 valence electrons. The Morgan fingerprint density at radius 3 is 2.73 bits per heavy atom. The van der Waals surface area contributed by atoms with Crippen molar-refractivity contribution in [1.82, 2.24) is 20.9 Å². The fraction of sp³-hybridized carbons (Fsp3) is 0.471. The van der Waals surface area contributed by atoms with Gasteiger partial charge >= 0.3 is 6.03 Å². The summed E-state index contributed by atoms with van der Waals surface area (Å²) in [4.78, 5) is 28.8. The third kappa shape index (κ3) is 6.04. The number of ether oxygens (including phenoxy) is 1. The van der Waals surface area contributed by atoms with Gasteiger partial charge in [-0.3, -0.25) is 9.69 Å². The summed E-state index contributed by atoms with van der Waals surface area (Å²) < 4.78 is 5.39. The molecule has 1 aromatic carbocycles. The molecule has 26 heavy (non-hydrogen) atoms. The van der Waals surface area contributed by atoms with E-state index in [1.54, 1.807) is 7.11 Å². The monoisotopic (exact) mass is 475 g/mol. The second-order valence-corrected chi connectivity index (χ2v) is 5.64. The topological polar surface area (TPSA) is 95.1 Å². The van der Waals surface area contributed by atoms with Gasteiger partial charge in [-0.2, -0.15) is 0 Å². The number of halogens is 1. The van der Waals surface area contributed by atoms with Crippen LogP contribution >= 0.6 is 24.0 Å². The van der Waals surface area contributed by atoms with Gasteiger partial charge in [0.2, 0.25) is 5.91 Å². The number of carbonyl (C=O) groups excluding carboxylic acids is 2. The van der Waals surface area contributed by atoms with Gasteiger partial charge in [0.05, 0.1) is 20.2 Å². The first-order chi connectivity index (χ1) is 12.0. The maximum Gasteiger partial charge on any atom is 0.324 e. The fourth-order valence-electron chi connectivity index (χ4n) is 2.46. The molecule has 0 radical (unpaired) electrons. The van der Waals surface area contributed by atoms with Crippen LogP contribution in [0.15, 0.2) is 23.2 Å². The van der Waals surface area contributed by atoms with Crippen molar-refractivity contribution in [3.05, 3.63) is 29.3 Å². The fourth-order valence-corrected chi connectivity index (χ4v) is 2.46. The Hall–Kier alpha value is -2.04. The normalized spacial score (nSPS) is 14.0. The van der Waals surface area contributed by atoms with Crippen LogP contribution in [0.1, 0.15) is 18.1 Å². The van der Waals surface area contributed by atoms with E-state index < -0.39 is 0 Å². The van der Waals surface area contributed by atoms with Crippen LogP contribution in [0, 0.1) is 6.92 Å². The average Bonchev–Trinajstić information content (AvgIpc) is 2.92. The first-order valence-corrected chi connectivity index (χ1v) is 8.29. The van der Waals surface area contributed by atoms with Gasteiger partial charge in [0, 0.05) is 25.2 Å². The predicted octanol–water partition coefficient (Wildman–Crippen LogP) is 1.23. The largest absolute Gasteiger partial charge is 0.496 e. The van der Waals surface area contributed by atoms with Crippen molar-refractivity contribution in [2.75, 3.05) is 33.3 Å². The molecule has 3 N–H and O–H groups in total. The molecule has 0 bridgehead atoms. The molecule has 2 rings (SSSR count). The van der Waals surface area contributed by atoms with Gasteiger partial charge in [0.1, 0.15) is 5.75 Å². The molecule has 0 aromatic heterocycles. The van der Waals surface area contributed by atoms with Crippen LogP contribution in [0.3, 0.4) is 0 Å². The van der Waals surface area contributed by atoms with Gasteiger partial charge in [-0.25, -0.2) is 9.79 Å². The third-order valence-electron chi connectivity index (χ3n) is 3.76. The molecular weight excluding hydrogens is 449 g/mol. The Bertz CT molecular complexity index is 650. The second kappa shape index (κ2) is 10.8. The maximum absolute atomic E-state index is 11.5. The smallest absolute Gasteiger partial charge is 0.324 e. The summed E-state index contributed by atoms with van der Waals surface area (Å²) in [7, 11) is 1.64. The zero-order chi connectivity index (χ0) is 18.2. The molecule has 1 aromatic rings. The van der Waals surface area contributed by atoms with E-state index in [-0.39, 0.29) is 42.5 Å². The number of urea groups is 1. The minimum atomic E-state index is -0.349. The van der Waals surface area contributed by atoms with Crippen LogP contribution in [-0.4, -0.2) is 56.1 Å². The Morgan fingerprint density at radius 1 is 1.35 bits per heavy atom. The number of benzene rings is 1. The van der Waals surface area contributed by atoms with E-state index in [1.807, 2.05) is 32.0 Å². The van der Waals surface area contributed by atoms with Crippen molar-refractivity contribution in [3.63, 3.8) is 0 Å². The summed E-state index contributed by atoms with van der Waals surface area (Å²) in [5.41, 5.74) is 2.11. The number of guanidine groups is 1. The Kier molecular flexibility index (Phi) is 9.17. The molecule has 8 nitrogen and oxygen atoms in total. The number of imide groups is 1. The molecule has 1 aliphatic rings. The lowest BCUT2D eigenvalue weighted by atomic mass is 10.1. The summed E-state index contributed by atoms with van der Waals surface area (Å²) in [6.45, 7) is 5.94. The van der Waals surface area contributed by atoms with Crippen molar-refractivity contribution < 1.29 is 14.3 Å². The summed E-state index contributed by atoms with van der Waals surface area (Å²) >= 11 is 0. The SMILES string of the molecule is CCNC(=NCc1ccc(C)cc1OC)NCCN1C(=O)CNC1=O.I. The van der Waals surface area contributed by atoms with Gasteiger partial charge in [0.15, 0.2) is 5.96 Å². The Balaban J connectivity index is 0.00000338. The zero-order valence-corrected chi connectivity index (χ0v) is 17.6. The van der Waals surface area contributed by atoms with Crippen molar-refractivity contribution >= 4 is 41.9 Å². The number of hydrogen-bond donors (Lipinski definition) is 3. The molecule has 0 atom stereocenters. The number of amides is 3. The van der Waals surface area contributed by atoms with E-state index in [0.29, 0.717) is 32.1 Å². The average molecular weight is 475 g/mol. The molecule has 0 unspecified atom stereocenters. The lowest BCUT2D eigenvalue weighted by molar-refractivity contribution is -0.124. The van der Waals surface area contributed by atoms with Gasteiger partial charge in [-0.1, -0.05) is 12.1 Å². The quantitative estimate of drug-likeness (QED) is 0.239. The lowest BCUT2D eigenvalue weighted by Crippen LogP contribution is -2.43. The first-order valence-electron chi connectivity index (χ1n) is 8.29. The van der Waals surface area contributed by atoms with E-state index in [4.69, 9.17) is 4.74 Å². The Morgan fingerprint density at radius 2 is 2.12 bits per heavy atom. The molecule has 1 aliphatic heterocycles. The number of aryl methyl sites for hydroxylation is 1. The lowest BCUT2D eigenvalue weighted by Gasteiger charge is -2.15. The number of hydrogen-bond acceptors (Lipinski definition) is 4. The molecule has 1 saturated heterocycles. The number of aliphatic imine (C=N–C) groups is 1. The van der Waals surface area contributed by atoms with Gasteiger partial charge in [-0.05, 0) is 25.5 Å². The highest BCUT2D eigenvalue weighted by atomic mass is 127. The zero-order valence-electron chi connectivity index (χ0n) is 15.3. The van der Waals surface area contributed by atoms with Crippen LogP contribution in [0.5, 0.6) is 5.75 Å². The van der Waals surface area contributed by atoms with Crippen molar-refractivity contribution in [2.45, 2.75) is 20.4 Å². The van der Waals surface area contributed by atoms with E-state index in [2.05, 4.69) is 20.9 Å². The standard InChI is InChI=1S/C17H25N5O3.HI/c1-4-18-16(19-7-8-22-15(23)11-21-17(22)24)20-10-13-6-5-12(2)9-14(13)25-3;/h5-6,9H,4,7-8,10-11H2,1-3H3,(H,21,24)(H2,18,19,20);1H. The number of nitrogens with one attached hydrogen (secondary N) is 3. The maximum atomic E-state index is 11.5. The van der Waals surface area contributed by atoms with E-state index >= 15 is 0 Å². The molecule has 0 spiro atoms. The minimum absolute atomic E-state index is 0. The predicted molar refractivity (Wildman–Crippen MR) is 111 cm³/mol. The van der Waals surface area contributed by atoms with Crippen LogP contribution in [0.2, 0.25) is 0 Å². The summed E-state index contributed by atoms with van der Waals surface area (Å²) in [6, 6.07) is 5.64. The highest BCUT2D eigenvalue weighted by molar-refractivity contribution is 14.0. The second-order valence-electron chi connectivity index (χ2n) is 5.64. The van der Waals surface area contributed by atoms with Crippen molar-refractivity contribution in [1.29, 1.82) is 0 Å². The molecule has 1 fully saturated rings. The van der Waals surface area contributed by atoms with Crippen LogP contribution in [0.25, 0.3) is 0 Å². The molecule has 3 amide bonds. The van der Waals surface area contributed by atoms with Crippen molar-refractivity contribution in [3.8, 4) is 5.75 Å². The third-order valence-corrected chi connectivity index (χ3v) is 3.76. The summed E-state index contributed by atoms with van der Waals surface area (Å²) in [6.07, 6.45) is 0. The van der Waals surface area contributed by atoms with Crippen LogP contribution < -0.4 is 20.7 Å². The number of rotatable bonds is 7. The highest BCUT2D eigenvalue weighted by Gasteiger charge is 2.27. The van der Waals surface area contributed by atoms with Gasteiger partial charge < -0.3 is 20.7 Å². The summed E-state index contributed by atoms with van der Waals surface area (Å²) in [5.74, 6) is 1.22. The Labute approximate surface area is 170 Å². The van der Waals surface area contributed by atoms with Crippen LogP contribution in [0.4, 0.5) is 4.79 Å². The molecule has 0 aliphatic carbocycles. The minimum Gasteiger partial charge on any atom is -0.496 e.